The van der Waals surface area contributed by atoms with Crippen LogP contribution in [0.1, 0.15) is 32.6 Å². The van der Waals surface area contributed by atoms with Gasteiger partial charge in [0.25, 0.3) is 0 Å². The Kier molecular flexibility index (Phi) is 7.54. The number of hydrogen-bond acceptors (Lipinski definition) is 6. The van der Waals surface area contributed by atoms with E-state index in [1.807, 2.05) is 0 Å². The fraction of sp³-hybridized carbons (Fsp3) is 0.857. The third-order valence-electron chi connectivity index (χ3n) is 3.41. The number of unbranched alkanes of at least 4 members (excludes halogenated alkanes) is 1. The molecule has 6 nitrogen and oxygen atoms in total. The van der Waals surface area contributed by atoms with Crippen molar-refractivity contribution in [3.63, 3.8) is 0 Å². The molecule has 1 atom stereocenters. The summed E-state index contributed by atoms with van der Waals surface area (Å²) < 4.78 is 15.5. The zero-order valence-corrected chi connectivity index (χ0v) is 12.7. The lowest BCUT2D eigenvalue weighted by atomic mass is 9.86. The molecule has 1 heterocycles. The minimum absolute atomic E-state index is 0.455. The number of aliphatic hydroxyl groups is 1. The highest BCUT2D eigenvalue weighted by molar-refractivity contribution is 5.84. The van der Waals surface area contributed by atoms with Crippen molar-refractivity contribution in [2.24, 2.45) is 9.98 Å². The monoisotopic (exact) mass is 286 g/mol. The molecule has 1 aliphatic rings. The van der Waals surface area contributed by atoms with Gasteiger partial charge in [0.15, 0.2) is 12.4 Å². The summed E-state index contributed by atoms with van der Waals surface area (Å²) >= 11 is 0. The molecule has 0 aromatic carbocycles. The highest BCUT2D eigenvalue weighted by Crippen LogP contribution is 2.27. The second-order valence-electron chi connectivity index (χ2n) is 4.89. The van der Waals surface area contributed by atoms with E-state index in [1.165, 1.54) is 13.5 Å². The van der Waals surface area contributed by atoms with Gasteiger partial charge in [-0.15, -0.1) is 0 Å². The third-order valence-corrected chi connectivity index (χ3v) is 3.41. The van der Waals surface area contributed by atoms with Crippen LogP contribution < -0.4 is 0 Å². The fourth-order valence-electron chi connectivity index (χ4n) is 2.16. The van der Waals surface area contributed by atoms with E-state index in [9.17, 15) is 5.11 Å². The first-order chi connectivity index (χ1) is 9.68. The SMILES string of the molecule is CCCCN=C(OC)C(N=COC)C1(O)CCOCC1. The molecule has 20 heavy (non-hydrogen) atoms. The summed E-state index contributed by atoms with van der Waals surface area (Å²) in [5, 5.41) is 10.8. The Labute approximate surface area is 120 Å². The first-order valence-corrected chi connectivity index (χ1v) is 7.11. The molecule has 1 aliphatic heterocycles. The Morgan fingerprint density at radius 3 is 2.65 bits per heavy atom. The molecule has 0 aromatic heterocycles. The number of rotatable bonds is 7. The predicted octanol–water partition coefficient (Wildman–Crippen LogP) is 1.42. The van der Waals surface area contributed by atoms with Crippen molar-refractivity contribution in [2.75, 3.05) is 34.0 Å². The van der Waals surface area contributed by atoms with Crippen LogP contribution in [-0.4, -0.2) is 63.0 Å². The number of methoxy groups -OCH3 is 2. The molecule has 0 amide bonds. The molecular weight excluding hydrogens is 260 g/mol. The average molecular weight is 286 g/mol. The Morgan fingerprint density at radius 2 is 2.10 bits per heavy atom. The average Bonchev–Trinajstić information content (AvgIpc) is 2.46. The van der Waals surface area contributed by atoms with E-state index < -0.39 is 11.6 Å². The molecule has 0 saturated carbocycles. The molecule has 1 N–H and O–H groups in total. The summed E-state index contributed by atoms with van der Waals surface area (Å²) in [5.74, 6) is 0.455. The van der Waals surface area contributed by atoms with Gasteiger partial charge in [-0.1, -0.05) is 13.3 Å². The molecule has 0 bridgehead atoms. The standard InChI is InChI=1S/C14H26N2O4/c1-4-5-8-15-13(19-3)12(16-11-18-2)14(17)6-9-20-10-7-14/h11-12,17H,4-10H2,1-3H3. The second kappa shape index (κ2) is 8.92. The normalized spacial score (nSPS) is 20.9. The van der Waals surface area contributed by atoms with E-state index in [4.69, 9.17) is 14.2 Å². The van der Waals surface area contributed by atoms with Gasteiger partial charge in [-0.05, 0) is 6.42 Å². The van der Waals surface area contributed by atoms with Crippen molar-refractivity contribution in [2.45, 2.75) is 44.2 Å². The summed E-state index contributed by atoms with van der Waals surface area (Å²) in [6.07, 6.45) is 4.38. The number of ether oxygens (including phenoxy) is 3. The minimum Gasteiger partial charge on any atom is -0.487 e. The molecule has 0 aliphatic carbocycles. The molecular formula is C14H26N2O4. The maximum atomic E-state index is 10.8. The highest BCUT2D eigenvalue weighted by Gasteiger charge is 2.42. The largest absolute Gasteiger partial charge is 0.487 e. The molecule has 0 aromatic rings. The van der Waals surface area contributed by atoms with Crippen LogP contribution in [-0.2, 0) is 14.2 Å². The Hall–Kier alpha value is -1.14. The van der Waals surface area contributed by atoms with E-state index in [0.29, 0.717) is 38.5 Å². The van der Waals surface area contributed by atoms with Gasteiger partial charge in [-0.3, -0.25) is 4.99 Å². The number of hydrogen-bond donors (Lipinski definition) is 1. The van der Waals surface area contributed by atoms with Crippen molar-refractivity contribution in [3.05, 3.63) is 0 Å². The molecule has 1 unspecified atom stereocenters. The molecule has 1 fully saturated rings. The summed E-state index contributed by atoms with van der Waals surface area (Å²) in [5.41, 5.74) is -0.992. The summed E-state index contributed by atoms with van der Waals surface area (Å²) in [7, 11) is 3.08. The van der Waals surface area contributed by atoms with Crippen molar-refractivity contribution in [1.29, 1.82) is 0 Å². The maximum absolute atomic E-state index is 10.8. The van der Waals surface area contributed by atoms with Crippen LogP contribution in [0, 0.1) is 0 Å². The molecule has 6 heteroatoms. The first kappa shape index (κ1) is 16.9. The van der Waals surface area contributed by atoms with Gasteiger partial charge < -0.3 is 19.3 Å². The topological polar surface area (TPSA) is 72.6 Å². The van der Waals surface area contributed by atoms with Gasteiger partial charge in [-0.25, -0.2) is 4.99 Å². The maximum Gasteiger partial charge on any atom is 0.211 e. The quantitative estimate of drug-likeness (QED) is 0.436. The molecule has 0 radical (unpaired) electrons. The van der Waals surface area contributed by atoms with Crippen molar-refractivity contribution >= 4 is 12.3 Å². The molecule has 1 saturated heterocycles. The zero-order valence-electron chi connectivity index (χ0n) is 12.7. The summed E-state index contributed by atoms with van der Waals surface area (Å²) in [4.78, 5) is 8.71. The van der Waals surface area contributed by atoms with Crippen LogP contribution in [0.15, 0.2) is 9.98 Å². The Morgan fingerprint density at radius 1 is 1.40 bits per heavy atom. The summed E-state index contributed by atoms with van der Waals surface area (Å²) in [6.45, 7) is 3.81. The predicted molar refractivity (Wildman–Crippen MR) is 78.5 cm³/mol. The number of aliphatic imine (C=N–C) groups is 2. The molecule has 1 rings (SSSR count). The second-order valence-corrected chi connectivity index (χ2v) is 4.89. The Balaban J connectivity index is 2.90. The van der Waals surface area contributed by atoms with E-state index in [-0.39, 0.29) is 0 Å². The van der Waals surface area contributed by atoms with Gasteiger partial charge in [0.05, 0.1) is 14.2 Å². The molecule has 0 spiro atoms. The third kappa shape index (κ3) is 4.76. The van der Waals surface area contributed by atoms with E-state index >= 15 is 0 Å². The van der Waals surface area contributed by atoms with E-state index in [2.05, 4.69) is 16.9 Å². The highest BCUT2D eigenvalue weighted by atomic mass is 16.5. The fourth-order valence-corrected chi connectivity index (χ4v) is 2.16. The number of nitrogens with zero attached hydrogens (tertiary/aromatic N) is 2. The van der Waals surface area contributed by atoms with Gasteiger partial charge in [0.1, 0.15) is 5.60 Å². The van der Waals surface area contributed by atoms with Crippen LogP contribution in [0.5, 0.6) is 0 Å². The van der Waals surface area contributed by atoms with Crippen molar-refractivity contribution in [3.8, 4) is 0 Å². The van der Waals surface area contributed by atoms with Crippen LogP contribution >= 0.6 is 0 Å². The van der Waals surface area contributed by atoms with Crippen LogP contribution in [0.25, 0.3) is 0 Å². The van der Waals surface area contributed by atoms with Gasteiger partial charge in [0.2, 0.25) is 5.90 Å². The first-order valence-electron chi connectivity index (χ1n) is 7.11. The Bertz CT molecular complexity index is 325. The van der Waals surface area contributed by atoms with Gasteiger partial charge in [0, 0.05) is 32.6 Å². The lowest BCUT2D eigenvalue weighted by Crippen LogP contribution is -2.50. The van der Waals surface area contributed by atoms with Gasteiger partial charge in [-0.2, -0.15) is 0 Å². The van der Waals surface area contributed by atoms with Crippen LogP contribution in [0.3, 0.4) is 0 Å². The summed E-state index contributed by atoms with van der Waals surface area (Å²) in [6, 6.07) is -0.548. The molecule has 116 valence electrons. The van der Waals surface area contributed by atoms with Gasteiger partial charge >= 0.3 is 0 Å². The lowest BCUT2D eigenvalue weighted by molar-refractivity contribution is -0.0689. The van der Waals surface area contributed by atoms with Crippen molar-refractivity contribution in [1.82, 2.24) is 0 Å². The van der Waals surface area contributed by atoms with Crippen LogP contribution in [0.2, 0.25) is 0 Å². The smallest absolute Gasteiger partial charge is 0.211 e. The minimum atomic E-state index is -0.992. The van der Waals surface area contributed by atoms with E-state index in [1.54, 1.807) is 7.11 Å². The van der Waals surface area contributed by atoms with Crippen molar-refractivity contribution < 1.29 is 19.3 Å². The van der Waals surface area contributed by atoms with E-state index in [0.717, 1.165) is 12.8 Å². The van der Waals surface area contributed by atoms with Crippen LogP contribution in [0.4, 0.5) is 0 Å². The lowest BCUT2D eigenvalue weighted by Gasteiger charge is -2.36. The zero-order chi connectivity index (χ0) is 14.8.